The van der Waals surface area contributed by atoms with Gasteiger partial charge in [-0.25, -0.2) is 0 Å². The highest BCUT2D eigenvalue weighted by atomic mass is 16.5. The predicted molar refractivity (Wildman–Crippen MR) is 196 cm³/mol. The number of anilines is 4. The van der Waals surface area contributed by atoms with Crippen molar-refractivity contribution in [2.45, 2.75) is 18.8 Å². The Morgan fingerprint density at radius 2 is 1.13 bits per heavy atom. The molecule has 1 saturated carbocycles. The molecule has 6 atom stereocenters. The fraction of sp³-hybridized carbons (Fsp3) is 0.415. The van der Waals surface area contributed by atoms with Gasteiger partial charge in [0.15, 0.2) is 0 Å². The third kappa shape index (κ3) is 5.49. The number of phenols is 1. The summed E-state index contributed by atoms with van der Waals surface area (Å²) < 4.78 is 16.5. The average molecular weight is 719 g/mol. The topological polar surface area (TPSA) is 129 Å². The van der Waals surface area contributed by atoms with Gasteiger partial charge in [-0.05, 0) is 85.5 Å². The Balaban J connectivity index is 1.06. The maximum absolute atomic E-state index is 14.6. The predicted octanol–water partition coefficient (Wildman–Crippen LogP) is 4.12. The lowest BCUT2D eigenvalue weighted by Crippen LogP contribution is -2.43. The molecule has 0 spiro atoms. The van der Waals surface area contributed by atoms with Gasteiger partial charge in [0.05, 0.1) is 68.6 Å². The number of morpholine rings is 2. The second-order valence-electron chi connectivity index (χ2n) is 14.7. The van der Waals surface area contributed by atoms with Gasteiger partial charge in [-0.1, -0.05) is 11.6 Å². The molecule has 4 aliphatic heterocycles. The van der Waals surface area contributed by atoms with Crippen LogP contribution < -0.4 is 24.3 Å². The Kier molecular flexibility index (Phi) is 8.46. The van der Waals surface area contributed by atoms with Crippen LogP contribution in [0.3, 0.4) is 0 Å². The van der Waals surface area contributed by atoms with E-state index in [9.17, 15) is 24.3 Å². The molecule has 4 saturated heterocycles. The molecule has 0 bridgehead atoms. The highest BCUT2D eigenvalue weighted by molar-refractivity contribution is 6.24. The summed E-state index contributed by atoms with van der Waals surface area (Å²) >= 11 is 0. The molecule has 3 aromatic carbocycles. The van der Waals surface area contributed by atoms with Gasteiger partial charge in [-0.3, -0.25) is 29.0 Å². The third-order valence-corrected chi connectivity index (χ3v) is 12.2. The minimum atomic E-state index is -0.811. The van der Waals surface area contributed by atoms with Crippen LogP contribution in [-0.2, 0) is 28.7 Å². The van der Waals surface area contributed by atoms with Gasteiger partial charge >= 0.3 is 0 Å². The molecule has 12 heteroatoms. The summed E-state index contributed by atoms with van der Waals surface area (Å²) in [6, 6.07) is 19.9. The van der Waals surface area contributed by atoms with E-state index >= 15 is 0 Å². The first-order valence-electron chi connectivity index (χ1n) is 18.5. The lowest BCUT2D eigenvalue weighted by Gasteiger charge is -2.44. The number of carbonyl (C=O) groups is 4. The monoisotopic (exact) mass is 718 g/mol. The van der Waals surface area contributed by atoms with E-state index in [2.05, 4.69) is 9.80 Å². The number of rotatable bonds is 6. The van der Waals surface area contributed by atoms with Crippen LogP contribution in [0, 0.1) is 29.6 Å². The summed E-state index contributed by atoms with van der Waals surface area (Å²) in [6.45, 7) is 5.62. The molecular formula is C41H42N4O8. The Morgan fingerprint density at radius 3 is 1.68 bits per heavy atom. The molecule has 0 radical (unpaired) electrons. The van der Waals surface area contributed by atoms with Crippen molar-refractivity contribution < 1.29 is 38.5 Å². The van der Waals surface area contributed by atoms with Crippen molar-refractivity contribution in [1.82, 2.24) is 0 Å². The molecular weight excluding hydrogens is 676 g/mol. The van der Waals surface area contributed by atoms with Gasteiger partial charge in [0, 0.05) is 49.0 Å². The number of hydrogen-bond donors (Lipinski definition) is 1. The smallest absolute Gasteiger partial charge is 0.238 e. The summed E-state index contributed by atoms with van der Waals surface area (Å²) in [6.07, 6.45) is 2.55. The Morgan fingerprint density at radius 1 is 0.623 bits per heavy atom. The number of hydrogen-bond acceptors (Lipinski definition) is 10. The van der Waals surface area contributed by atoms with Crippen molar-refractivity contribution in [2.24, 2.45) is 29.6 Å². The summed E-state index contributed by atoms with van der Waals surface area (Å²) in [4.78, 5) is 64.6. The molecule has 0 aromatic heterocycles. The number of nitrogens with zero attached hydrogens (tertiary/aromatic N) is 4. The second kappa shape index (κ2) is 13.3. The quantitative estimate of drug-likeness (QED) is 0.294. The van der Waals surface area contributed by atoms with Crippen molar-refractivity contribution in [1.29, 1.82) is 0 Å². The molecule has 12 nitrogen and oxygen atoms in total. The van der Waals surface area contributed by atoms with Gasteiger partial charge < -0.3 is 29.1 Å². The molecule has 9 rings (SSSR count). The number of amides is 4. The van der Waals surface area contributed by atoms with Gasteiger partial charge in [0.1, 0.15) is 11.5 Å². The van der Waals surface area contributed by atoms with E-state index in [0.29, 0.717) is 55.5 Å². The fourth-order valence-corrected chi connectivity index (χ4v) is 9.62. The second-order valence-corrected chi connectivity index (χ2v) is 14.7. The van der Waals surface area contributed by atoms with Crippen molar-refractivity contribution in [3.63, 3.8) is 0 Å². The molecule has 4 amide bonds. The van der Waals surface area contributed by atoms with Crippen LogP contribution in [0.1, 0.15) is 24.3 Å². The van der Waals surface area contributed by atoms with Crippen LogP contribution in [0.5, 0.6) is 11.5 Å². The minimum Gasteiger partial charge on any atom is -0.508 e. The third-order valence-electron chi connectivity index (χ3n) is 12.2. The highest BCUT2D eigenvalue weighted by Gasteiger charge is 2.62. The number of ether oxygens (including phenoxy) is 3. The molecule has 1 N–H and O–H groups in total. The molecule has 3 aromatic rings. The molecule has 2 aliphatic carbocycles. The van der Waals surface area contributed by atoms with Gasteiger partial charge in [0.2, 0.25) is 23.6 Å². The van der Waals surface area contributed by atoms with Crippen LogP contribution in [-0.4, -0.2) is 88.5 Å². The van der Waals surface area contributed by atoms with E-state index in [0.717, 1.165) is 43.1 Å². The number of fused-ring (bicyclic) bond motifs is 4. The number of allylic oxidation sites excluding steroid dienone is 2. The normalized spacial score (nSPS) is 28.5. The number of aromatic hydroxyl groups is 1. The van der Waals surface area contributed by atoms with Crippen LogP contribution in [0.2, 0.25) is 0 Å². The van der Waals surface area contributed by atoms with E-state index in [1.165, 1.54) is 23.0 Å². The molecule has 6 aliphatic rings. The zero-order chi connectivity index (χ0) is 36.4. The molecule has 53 heavy (non-hydrogen) atoms. The largest absolute Gasteiger partial charge is 0.508 e. The molecule has 4 heterocycles. The molecule has 6 unspecified atom stereocenters. The first-order chi connectivity index (χ1) is 25.8. The summed E-state index contributed by atoms with van der Waals surface area (Å²) in [5.74, 6) is -4.82. The van der Waals surface area contributed by atoms with Crippen molar-refractivity contribution in [2.75, 3.05) is 79.3 Å². The fourth-order valence-electron chi connectivity index (χ4n) is 9.62. The summed E-state index contributed by atoms with van der Waals surface area (Å²) in [5, 5.41) is 11.3. The highest BCUT2D eigenvalue weighted by Crippen LogP contribution is 2.59. The van der Waals surface area contributed by atoms with Crippen LogP contribution in [0.4, 0.5) is 22.7 Å². The summed E-state index contributed by atoms with van der Waals surface area (Å²) in [7, 11) is 1.53. The van der Waals surface area contributed by atoms with E-state index < -0.39 is 35.5 Å². The van der Waals surface area contributed by atoms with Gasteiger partial charge in [0.25, 0.3) is 0 Å². The zero-order valence-electron chi connectivity index (χ0n) is 29.6. The number of carbonyl (C=O) groups excluding carboxylic acids is 4. The Bertz CT molecular complexity index is 1990. The first-order valence-corrected chi connectivity index (χ1v) is 18.5. The van der Waals surface area contributed by atoms with Crippen LogP contribution >= 0.6 is 0 Å². The lowest BCUT2D eigenvalue weighted by molar-refractivity contribution is -0.126. The van der Waals surface area contributed by atoms with E-state index in [1.54, 1.807) is 24.3 Å². The van der Waals surface area contributed by atoms with Gasteiger partial charge in [-0.15, -0.1) is 0 Å². The molecule has 274 valence electrons. The van der Waals surface area contributed by atoms with Crippen LogP contribution in [0.15, 0.2) is 78.4 Å². The van der Waals surface area contributed by atoms with E-state index in [1.807, 2.05) is 42.5 Å². The number of phenolic OH excluding ortho intramolecular Hbond substituents is 1. The lowest BCUT2D eigenvalue weighted by atomic mass is 9.57. The maximum atomic E-state index is 14.6. The van der Waals surface area contributed by atoms with Gasteiger partial charge in [-0.2, -0.15) is 0 Å². The number of imide groups is 2. The number of methoxy groups -OCH3 is 1. The SMILES string of the molecule is COc1ccc(O)c(C2C3=CCC4C(=O)N(c5ccc(N6CCOCC6)cc5)C(=O)C4C3CC3C(=O)N(c4ccc(N5CCOCC5)cc4)C(=O)C32)c1. The van der Waals surface area contributed by atoms with Crippen molar-refractivity contribution in [3.8, 4) is 11.5 Å². The number of benzene rings is 3. The van der Waals surface area contributed by atoms with E-state index in [4.69, 9.17) is 14.2 Å². The first kappa shape index (κ1) is 33.6. The standard InChI is InChI=1S/C41H42N4O8/c1-51-28-10-13-34(46)32(22-28)35-29-11-12-30-36(40(49)44(38(30)47)26-6-2-24(3-7-26)42-14-18-52-19-15-42)31(29)23-33-37(35)41(50)45(39(33)48)27-8-4-25(5-9-27)43-16-20-53-21-17-43/h2-11,13,22,30-31,33,35-37,46H,12,14-21,23H2,1H3. The van der Waals surface area contributed by atoms with E-state index in [-0.39, 0.29) is 35.8 Å². The summed E-state index contributed by atoms with van der Waals surface area (Å²) in [5.41, 5.74) is 4.26. The van der Waals surface area contributed by atoms with Crippen LogP contribution in [0.25, 0.3) is 0 Å². The Labute approximate surface area is 307 Å². The Hall–Kier alpha value is -5.20. The molecule has 5 fully saturated rings. The van der Waals surface area contributed by atoms with Crippen molar-refractivity contribution in [3.05, 3.63) is 83.9 Å². The minimum absolute atomic E-state index is 0.0254. The zero-order valence-corrected chi connectivity index (χ0v) is 29.6. The maximum Gasteiger partial charge on any atom is 0.238 e. The average Bonchev–Trinajstić information content (AvgIpc) is 3.61. The van der Waals surface area contributed by atoms with Crippen molar-refractivity contribution >= 4 is 46.4 Å².